The standard InChI is InChI=1S/C25H25ClN2O3/c26-20-12-14-21(15-13-20)31-18-6-11-24(29)28-23-10-5-4-9-22(23)25(30)27-17-16-19-7-2-1-3-8-19/h1-5,7-10,12-15H,6,11,16-18H2,(H,27,30)(H,28,29). The molecule has 0 heterocycles. The minimum absolute atomic E-state index is 0.163. The number of carbonyl (C=O) groups is 2. The van der Waals surface area contributed by atoms with Gasteiger partial charge >= 0.3 is 0 Å². The van der Waals surface area contributed by atoms with Crippen LogP contribution in [-0.4, -0.2) is 25.0 Å². The lowest BCUT2D eigenvalue weighted by atomic mass is 10.1. The van der Waals surface area contributed by atoms with Crippen molar-refractivity contribution in [1.29, 1.82) is 0 Å². The van der Waals surface area contributed by atoms with Gasteiger partial charge in [-0.25, -0.2) is 0 Å². The molecular weight excluding hydrogens is 412 g/mol. The molecule has 0 aromatic heterocycles. The highest BCUT2D eigenvalue weighted by molar-refractivity contribution is 6.30. The number of para-hydroxylation sites is 1. The average molecular weight is 437 g/mol. The van der Waals surface area contributed by atoms with Gasteiger partial charge in [0, 0.05) is 18.0 Å². The highest BCUT2D eigenvalue weighted by atomic mass is 35.5. The van der Waals surface area contributed by atoms with E-state index in [4.69, 9.17) is 16.3 Å². The molecule has 0 unspecified atom stereocenters. The third kappa shape index (κ3) is 7.46. The minimum atomic E-state index is -0.210. The Labute approximate surface area is 187 Å². The number of nitrogens with one attached hydrogen (secondary N) is 2. The van der Waals surface area contributed by atoms with E-state index in [2.05, 4.69) is 10.6 Å². The molecule has 3 aromatic carbocycles. The lowest BCUT2D eigenvalue weighted by Crippen LogP contribution is -2.27. The van der Waals surface area contributed by atoms with E-state index in [-0.39, 0.29) is 18.2 Å². The van der Waals surface area contributed by atoms with Crippen LogP contribution in [-0.2, 0) is 11.2 Å². The molecule has 3 aromatic rings. The fourth-order valence-corrected chi connectivity index (χ4v) is 3.14. The average Bonchev–Trinajstić information content (AvgIpc) is 2.79. The van der Waals surface area contributed by atoms with Crippen molar-refractivity contribution in [3.05, 3.63) is 95.0 Å². The second-order valence-corrected chi connectivity index (χ2v) is 7.43. The maximum atomic E-state index is 12.6. The predicted octanol–water partition coefficient (Wildman–Crippen LogP) is 5.11. The number of halogens is 1. The van der Waals surface area contributed by atoms with E-state index in [1.165, 1.54) is 0 Å². The normalized spacial score (nSPS) is 10.4. The summed E-state index contributed by atoms with van der Waals surface area (Å²) in [6.45, 7) is 0.934. The molecule has 0 atom stereocenters. The van der Waals surface area contributed by atoms with Crippen molar-refractivity contribution < 1.29 is 14.3 Å². The Morgan fingerprint density at radius 1 is 0.871 bits per heavy atom. The fraction of sp³-hybridized carbons (Fsp3) is 0.200. The Morgan fingerprint density at radius 2 is 1.58 bits per heavy atom. The van der Waals surface area contributed by atoms with E-state index in [1.807, 2.05) is 30.3 Å². The van der Waals surface area contributed by atoms with Gasteiger partial charge in [0.1, 0.15) is 5.75 Å². The highest BCUT2D eigenvalue weighted by Crippen LogP contribution is 2.17. The molecule has 2 N–H and O–H groups in total. The van der Waals surface area contributed by atoms with Gasteiger partial charge in [0.2, 0.25) is 5.91 Å². The summed E-state index contributed by atoms with van der Waals surface area (Å²) in [4.78, 5) is 24.9. The molecule has 5 nitrogen and oxygen atoms in total. The molecule has 0 saturated heterocycles. The van der Waals surface area contributed by atoms with Gasteiger partial charge in [0.25, 0.3) is 5.91 Å². The van der Waals surface area contributed by atoms with Gasteiger partial charge in [-0.3, -0.25) is 9.59 Å². The van der Waals surface area contributed by atoms with Crippen LogP contribution < -0.4 is 15.4 Å². The molecule has 0 aliphatic carbocycles. The summed E-state index contributed by atoms with van der Waals surface area (Å²) in [6.07, 6.45) is 1.59. The van der Waals surface area contributed by atoms with E-state index in [0.29, 0.717) is 41.6 Å². The zero-order chi connectivity index (χ0) is 21.9. The van der Waals surface area contributed by atoms with Crippen molar-refractivity contribution in [2.24, 2.45) is 0 Å². The molecule has 0 aliphatic heterocycles. The summed E-state index contributed by atoms with van der Waals surface area (Å²) < 4.78 is 5.60. The van der Waals surface area contributed by atoms with Crippen LogP contribution in [0.1, 0.15) is 28.8 Å². The van der Waals surface area contributed by atoms with Gasteiger partial charge in [-0.1, -0.05) is 54.1 Å². The predicted molar refractivity (Wildman–Crippen MR) is 124 cm³/mol. The van der Waals surface area contributed by atoms with Crippen LogP contribution in [0.15, 0.2) is 78.9 Å². The molecular formula is C25H25ClN2O3. The maximum absolute atomic E-state index is 12.6. The van der Waals surface area contributed by atoms with Gasteiger partial charge in [0.15, 0.2) is 0 Å². The van der Waals surface area contributed by atoms with Crippen molar-refractivity contribution in [2.75, 3.05) is 18.5 Å². The fourth-order valence-electron chi connectivity index (χ4n) is 3.02. The molecule has 0 spiro atoms. The first-order chi connectivity index (χ1) is 15.1. The van der Waals surface area contributed by atoms with Crippen LogP contribution in [0.2, 0.25) is 5.02 Å². The molecule has 0 fully saturated rings. The first-order valence-corrected chi connectivity index (χ1v) is 10.6. The summed E-state index contributed by atoms with van der Waals surface area (Å²) in [5, 5.41) is 6.40. The van der Waals surface area contributed by atoms with E-state index in [9.17, 15) is 9.59 Å². The molecule has 0 saturated carbocycles. The third-order valence-electron chi connectivity index (χ3n) is 4.62. The zero-order valence-corrected chi connectivity index (χ0v) is 17.9. The Hall–Kier alpha value is -3.31. The van der Waals surface area contributed by atoms with E-state index in [0.717, 1.165) is 12.0 Å². The molecule has 2 amide bonds. The second kappa shape index (κ2) is 11.8. The molecule has 3 rings (SSSR count). The summed E-state index contributed by atoms with van der Waals surface area (Å²) in [5.74, 6) is 0.337. The van der Waals surface area contributed by atoms with Gasteiger partial charge < -0.3 is 15.4 Å². The van der Waals surface area contributed by atoms with Crippen LogP contribution in [0.3, 0.4) is 0 Å². The van der Waals surface area contributed by atoms with Crippen LogP contribution >= 0.6 is 11.6 Å². The molecule has 31 heavy (non-hydrogen) atoms. The van der Waals surface area contributed by atoms with Gasteiger partial charge in [0.05, 0.1) is 17.9 Å². The quantitative estimate of drug-likeness (QED) is 0.434. The van der Waals surface area contributed by atoms with Crippen LogP contribution in [0.5, 0.6) is 5.75 Å². The zero-order valence-electron chi connectivity index (χ0n) is 17.1. The number of hydrogen-bond donors (Lipinski definition) is 2. The summed E-state index contributed by atoms with van der Waals surface area (Å²) in [7, 11) is 0. The van der Waals surface area contributed by atoms with Gasteiger partial charge in [-0.15, -0.1) is 0 Å². The van der Waals surface area contributed by atoms with Crippen LogP contribution in [0.4, 0.5) is 5.69 Å². The molecule has 0 bridgehead atoms. The Bertz CT molecular complexity index is 991. The summed E-state index contributed by atoms with van der Waals surface area (Å²) in [5.41, 5.74) is 2.11. The number of carbonyl (C=O) groups excluding carboxylic acids is 2. The summed E-state index contributed by atoms with van der Waals surface area (Å²) >= 11 is 5.85. The van der Waals surface area contributed by atoms with E-state index >= 15 is 0 Å². The number of ether oxygens (including phenoxy) is 1. The maximum Gasteiger partial charge on any atom is 0.253 e. The molecule has 0 aliphatic rings. The Morgan fingerprint density at radius 3 is 2.35 bits per heavy atom. The minimum Gasteiger partial charge on any atom is -0.494 e. The monoisotopic (exact) mass is 436 g/mol. The number of benzene rings is 3. The van der Waals surface area contributed by atoms with Crippen molar-refractivity contribution in [2.45, 2.75) is 19.3 Å². The lowest BCUT2D eigenvalue weighted by Gasteiger charge is -2.12. The van der Waals surface area contributed by atoms with Crippen molar-refractivity contribution in [3.63, 3.8) is 0 Å². The number of anilines is 1. The highest BCUT2D eigenvalue weighted by Gasteiger charge is 2.12. The Balaban J connectivity index is 1.44. The first kappa shape index (κ1) is 22.4. The van der Waals surface area contributed by atoms with Crippen molar-refractivity contribution in [3.8, 4) is 5.75 Å². The van der Waals surface area contributed by atoms with Crippen LogP contribution in [0.25, 0.3) is 0 Å². The van der Waals surface area contributed by atoms with Crippen molar-refractivity contribution in [1.82, 2.24) is 5.32 Å². The lowest BCUT2D eigenvalue weighted by molar-refractivity contribution is -0.116. The topological polar surface area (TPSA) is 67.4 Å². The van der Waals surface area contributed by atoms with Gasteiger partial charge in [-0.05, 0) is 54.8 Å². The first-order valence-electron chi connectivity index (χ1n) is 10.2. The number of hydrogen-bond acceptors (Lipinski definition) is 3. The number of rotatable bonds is 10. The smallest absolute Gasteiger partial charge is 0.253 e. The molecule has 0 radical (unpaired) electrons. The largest absolute Gasteiger partial charge is 0.494 e. The van der Waals surface area contributed by atoms with E-state index < -0.39 is 0 Å². The van der Waals surface area contributed by atoms with Crippen LogP contribution in [0, 0.1) is 0 Å². The number of amides is 2. The molecule has 6 heteroatoms. The third-order valence-corrected chi connectivity index (χ3v) is 4.87. The molecule has 160 valence electrons. The van der Waals surface area contributed by atoms with Gasteiger partial charge in [-0.2, -0.15) is 0 Å². The summed E-state index contributed by atoms with van der Waals surface area (Å²) in [6, 6.07) is 24.1. The second-order valence-electron chi connectivity index (χ2n) is 6.99. The van der Waals surface area contributed by atoms with E-state index in [1.54, 1.807) is 48.5 Å². The Kier molecular flexibility index (Phi) is 8.49. The SMILES string of the molecule is O=C(CCCOc1ccc(Cl)cc1)Nc1ccccc1C(=O)NCCc1ccccc1. The van der Waals surface area contributed by atoms with Crippen molar-refractivity contribution >= 4 is 29.1 Å².